The van der Waals surface area contributed by atoms with Gasteiger partial charge in [0.25, 0.3) is 0 Å². The third-order valence-electron chi connectivity index (χ3n) is 3.88. The quantitative estimate of drug-likeness (QED) is 0.855. The first-order valence-corrected chi connectivity index (χ1v) is 7.13. The summed E-state index contributed by atoms with van der Waals surface area (Å²) in [5.74, 6) is 1.79. The second-order valence-corrected chi connectivity index (χ2v) is 5.67. The van der Waals surface area contributed by atoms with Gasteiger partial charge >= 0.3 is 0 Å². The first-order chi connectivity index (χ1) is 9.61. The Bertz CT molecular complexity index is 588. The highest BCUT2D eigenvalue weighted by molar-refractivity contribution is 5.14. The first kappa shape index (κ1) is 13.3. The normalized spacial score (nSPS) is 20.4. The molecule has 1 aliphatic heterocycles. The molecule has 108 valence electrons. The second-order valence-electron chi connectivity index (χ2n) is 5.67. The molecule has 3 heterocycles. The van der Waals surface area contributed by atoms with Crippen molar-refractivity contribution in [2.45, 2.75) is 39.2 Å². The molecular formula is C14H21N5O. The number of aryl methyl sites for hydroxylation is 3. The van der Waals surface area contributed by atoms with E-state index in [1.54, 1.807) is 0 Å². The number of rotatable bonds is 3. The molecule has 0 bridgehead atoms. The molecule has 1 fully saturated rings. The lowest BCUT2D eigenvalue weighted by Crippen LogP contribution is -2.34. The van der Waals surface area contributed by atoms with Gasteiger partial charge in [-0.25, -0.2) is 0 Å². The molecule has 0 amide bonds. The summed E-state index contributed by atoms with van der Waals surface area (Å²) >= 11 is 0. The Morgan fingerprint density at radius 2 is 2.20 bits per heavy atom. The maximum atomic E-state index is 5.58. The van der Waals surface area contributed by atoms with E-state index < -0.39 is 0 Å². The van der Waals surface area contributed by atoms with Crippen molar-refractivity contribution < 1.29 is 4.42 Å². The molecule has 1 aliphatic rings. The van der Waals surface area contributed by atoms with Crippen LogP contribution in [-0.4, -0.2) is 38.0 Å². The largest absolute Gasteiger partial charge is 0.425 e. The van der Waals surface area contributed by atoms with Crippen LogP contribution in [0, 0.1) is 13.8 Å². The van der Waals surface area contributed by atoms with Gasteiger partial charge in [0.05, 0.1) is 11.6 Å². The molecule has 2 aromatic heterocycles. The highest BCUT2D eigenvalue weighted by atomic mass is 16.4. The molecule has 0 aromatic carbocycles. The molecule has 1 saturated heterocycles. The van der Waals surface area contributed by atoms with Crippen LogP contribution in [0.1, 0.15) is 41.8 Å². The fourth-order valence-corrected chi connectivity index (χ4v) is 2.90. The smallest absolute Gasteiger partial charge is 0.220 e. The van der Waals surface area contributed by atoms with Crippen LogP contribution in [0.25, 0.3) is 0 Å². The molecule has 20 heavy (non-hydrogen) atoms. The Kier molecular flexibility index (Phi) is 3.56. The summed E-state index contributed by atoms with van der Waals surface area (Å²) in [5.41, 5.74) is 2.41. The Balaban J connectivity index is 1.67. The van der Waals surface area contributed by atoms with Crippen LogP contribution in [0.3, 0.4) is 0 Å². The van der Waals surface area contributed by atoms with Crippen molar-refractivity contribution in [3.63, 3.8) is 0 Å². The summed E-state index contributed by atoms with van der Waals surface area (Å²) < 4.78 is 7.46. The van der Waals surface area contributed by atoms with Crippen LogP contribution in [0.5, 0.6) is 0 Å². The van der Waals surface area contributed by atoms with Gasteiger partial charge in [-0.15, -0.1) is 10.2 Å². The summed E-state index contributed by atoms with van der Waals surface area (Å²) in [7, 11) is 1.97. The lowest BCUT2D eigenvalue weighted by Gasteiger charge is -2.30. The number of nitrogens with zero attached hydrogens (tertiary/aromatic N) is 5. The Morgan fingerprint density at radius 3 is 2.85 bits per heavy atom. The van der Waals surface area contributed by atoms with Gasteiger partial charge in [0.15, 0.2) is 0 Å². The molecule has 6 heteroatoms. The lowest BCUT2D eigenvalue weighted by molar-refractivity contribution is 0.183. The Labute approximate surface area is 118 Å². The molecule has 0 saturated carbocycles. The topological polar surface area (TPSA) is 60.0 Å². The van der Waals surface area contributed by atoms with Crippen molar-refractivity contribution in [1.82, 2.24) is 24.9 Å². The summed E-state index contributed by atoms with van der Waals surface area (Å²) in [6.45, 7) is 6.94. The predicted octanol–water partition coefficient (Wildman–Crippen LogP) is 1.80. The molecule has 3 rings (SSSR count). The minimum absolute atomic E-state index is 0.356. The fourth-order valence-electron chi connectivity index (χ4n) is 2.90. The van der Waals surface area contributed by atoms with E-state index in [0.717, 1.165) is 44.1 Å². The fraction of sp³-hybridized carbons (Fsp3) is 0.643. The van der Waals surface area contributed by atoms with E-state index in [9.17, 15) is 0 Å². The van der Waals surface area contributed by atoms with Crippen LogP contribution in [0.15, 0.2) is 10.6 Å². The van der Waals surface area contributed by atoms with Gasteiger partial charge in [0.2, 0.25) is 11.8 Å². The molecule has 0 spiro atoms. The van der Waals surface area contributed by atoms with E-state index in [1.807, 2.05) is 18.7 Å². The molecule has 6 nitrogen and oxygen atoms in total. The summed E-state index contributed by atoms with van der Waals surface area (Å²) in [4.78, 5) is 2.43. The number of aromatic nitrogens is 4. The van der Waals surface area contributed by atoms with E-state index in [1.165, 1.54) is 5.56 Å². The minimum atomic E-state index is 0.356. The van der Waals surface area contributed by atoms with Gasteiger partial charge in [0.1, 0.15) is 0 Å². The molecule has 1 atom stereocenters. The number of hydrogen-bond acceptors (Lipinski definition) is 5. The zero-order chi connectivity index (χ0) is 14.1. The van der Waals surface area contributed by atoms with Gasteiger partial charge in [-0.1, -0.05) is 0 Å². The standard InChI is InChI=1S/C14H21N5O/c1-10-7-18(3)17-13(10)9-19-6-4-5-12(8-19)14-16-15-11(2)20-14/h7,12H,4-6,8-9H2,1-3H3. The molecule has 1 unspecified atom stereocenters. The first-order valence-electron chi connectivity index (χ1n) is 7.13. The van der Waals surface area contributed by atoms with Crippen LogP contribution in [-0.2, 0) is 13.6 Å². The van der Waals surface area contributed by atoms with Gasteiger partial charge < -0.3 is 4.42 Å². The average molecular weight is 275 g/mol. The average Bonchev–Trinajstić information content (AvgIpc) is 2.97. The number of hydrogen-bond donors (Lipinski definition) is 0. The Morgan fingerprint density at radius 1 is 1.35 bits per heavy atom. The van der Waals surface area contributed by atoms with Crippen molar-refractivity contribution in [1.29, 1.82) is 0 Å². The zero-order valence-electron chi connectivity index (χ0n) is 12.3. The molecule has 2 aromatic rings. The third-order valence-corrected chi connectivity index (χ3v) is 3.88. The summed E-state index contributed by atoms with van der Waals surface area (Å²) in [5, 5.41) is 12.6. The highest BCUT2D eigenvalue weighted by Gasteiger charge is 2.26. The van der Waals surface area contributed by atoms with Gasteiger partial charge in [-0.3, -0.25) is 9.58 Å². The SMILES string of the molecule is Cc1nnc(C2CCCN(Cc3nn(C)cc3C)C2)o1. The lowest BCUT2D eigenvalue weighted by atomic mass is 9.98. The molecule has 0 aliphatic carbocycles. The van der Waals surface area contributed by atoms with E-state index in [2.05, 4.69) is 33.3 Å². The third kappa shape index (κ3) is 2.75. The molecule has 0 radical (unpaired) electrons. The van der Waals surface area contributed by atoms with Crippen LogP contribution in [0.4, 0.5) is 0 Å². The van der Waals surface area contributed by atoms with E-state index in [-0.39, 0.29) is 0 Å². The maximum absolute atomic E-state index is 5.58. The summed E-state index contributed by atoms with van der Waals surface area (Å²) in [6.07, 6.45) is 4.36. The van der Waals surface area contributed by atoms with Crippen molar-refractivity contribution in [3.8, 4) is 0 Å². The van der Waals surface area contributed by atoms with Crippen molar-refractivity contribution in [2.75, 3.05) is 13.1 Å². The van der Waals surface area contributed by atoms with Crippen LogP contribution >= 0.6 is 0 Å². The Hall–Kier alpha value is -1.69. The predicted molar refractivity (Wildman–Crippen MR) is 74.2 cm³/mol. The van der Waals surface area contributed by atoms with E-state index in [4.69, 9.17) is 4.42 Å². The highest BCUT2D eigenvalue weighted by Crippen LogP contribution is 2.26. The van der Waals surface area contributed by atoms with Crippen molar-refractivity contribution in [2.24, 2.45) is 7.05 Å². The molecule has 0 N–H and O–H groups in total. The van der Waals surface area contributed by atoms with Crippen LogP contribution < -0.4 is 0 Å². The zero-order valence-corrected chi connectivity index (χ0v) is 12.3. The second kappa shape index (κ2) is 5.36. The van der Waals surface area contributed by atoms with E-state index in [0.29, 0.717) is 11.8 Å². The van der Waals surface area contributed by atoms with Crippen molar-refractivity contribution in [3.05, 3.63) is 29.2 Å². The number of piperidine rings is 1. The molecular weight excluding hydrogens is 254 g/mol. The van der Waals surface area contributed by atoms with Crippen LogP contribution in [0.2, 0.25) is 0 Å². The maximum Gasteiger partial charge on any atom is 0.220 e. The van der Waals surface area contributed by atoms with E-state index >= 15 is 0 Å². The minimum Gasteiger partial charge on any atom is -0.425 e. The monoisotopic (exact) mass is 275 g/mol. The number of likely N-dealkylation sites (tertiary alicyclic amines) is 1. The van der Waals surface area contributed by atoms with Crippen molar-refractivity contribution >= 4 is 0 Å². The van der Waals surface area contributed by atoms with Gasteiger partial charge in [-0.05, 0) is 31.9 Å². The van der Waals surface area contributed by atoms with Gasteiger partial charge in [-0.2, -0.15) is 5.10 Å². The van der Waals surface area contributed by atoms with Gasteiger partial charge in [0, 0.05) is 33.3 Å². The summed E-state index contributed by atoms with van der Waals surface area (Å²) in [6, 6.07) is 0.